The van der Waals surface area contributed by atoms with Gasteiger partial charge in [0.2, 0.25) is 0 Å². The summed E-state index contributed by atoms with van der Waals surface area (Å²) in [6.45, 7) is 0. The van der Waals surface area contributed by atoms with Gasteiger partial charge in [0.05, 0.1) is 11.0 Å². The Balaban J connectivity index is 0.972. The molecule has 14 rings (SSSR count). The van der Waals surface area contributed by atoms with Crippen molar-refractivity contribution in [2.45, 2.75) is 43.9 Å². The lowest BCUT2D eigenvalue weighted by atomic mass is 9.48. The highest BCUT2D eigenvalue weighted by molar-refractivity contribution is 7.26. The second-order valence-electron chi connectivity index (χ2n) is 17.9. The number of thiophene rings is 1. The summed E-state index contributed by atoms with van der Waals surface area (Å²) >= 11 is 1.82. The summed E-state index contributed by atoms with van der Waals surface area (Å²) in [5.74, 6) is 4.82. The van der Waals surface area contributed by atoms with Crippen molar-refractivity contribution in [1.29, 1.82) is 0 Å². The molecule has 0 N–H and O–H groups in total. The number of fused-ring (bicyclic) bond motifs is 6. The fraction of sp³-hybridized carbons (Fsp3) is 0.182. The van der Waals surface area contributed by atoms with E-state index in [0.29, 0.717) is 22.9 Å². The Hall–Kier alpha value is -6.43. The number of para-hydroxylation sites is 1. The predicted molar refractivity (Wildman–Crippen MR) is 249 cm³/mol. The van der Waals surface area contributed by atoms with Crippen LogP contribution in [-0.4, -0.2) is 19.5 Å². The van der Waals surface area contributed by atoms with Crippen molar-refractivity contribution in [2.24, 2.45) is 17.8 Å². The van der Waals surface area contributed by atoms with E-state index in [1.54, 1.807) is 0 Å². The van der Waals surface area contributed by atoms with E-state index in [2.05, 4.69) is 168 Å². The highest BCUT2D eigenvalue weighted by Gasteiger charge is 2.51. The lowest BCUT2D eigenvalue weighted by Crippen LogP contribution is -2.48. The van der Waals surface area contributed by atoms with E-state index in [4.69, 9.17) is 15.0 Å². The third-order valence-electron chi connectivity index (χ3n) is 14.2. The van der Waals surface area contributed by atoms with Crippen LogP contribution in [0.3, 0.4) is 0 Å². The third-order valence-corrected chi connectivity index (χ3v) is 15.5. The number of benzene rings is 7. The van der Waals surface area contributed by atoms with Crippen molar-refractivity contribution >= 4 is 53.3 Å². The Morgan fingerprint density at radius 1 is 0.450 bits per heavy atom. The van der Waals surface area contributed by atoms with Gasteiger partial charge in [-0.25, -0.2) is 15.0 Å². The highest BCUT2D eigenvalue weighted by Crippen LogP contribution is 2.60. The smallest absolute Gasteiger partial charge is 0.165 e. The fourth-order valence-electron chi connectivity index (χ4n) is 11.9. The Morgan fingerprint density at radius 2 is 1.03 bits per heavy atom. The molecule has 4 nitrogen and oxygen atoms in total. The predicted octanol–water partition coefficient (Wildman–Crippen LogP) is 14.5. The molecule has 5 heteroatoms. The lowest BCUT2D eigenvalue weighted by molar-refractivity contribution is -0.00518. The van der Waals surface area contributed by atoms with E-state index in [0.717, 1.165) is 45.6 Å². The molecule has 4 aliphatic carbocycles. The molecule has 0 saturated heterocycles. The molecule has 0 unspecified atom stereocenters. The van der Waals surface area contributed by atoms with Gasteiger partial charge < -0.3 is 4.57 Å². The number of hydrogen-bond acceptors (Lipinski definition) is 4. The largest absolute Gasteiger partial charge is 0.309 e. The van der Waals surface area contributed by atoms with Crippen LogP contribution in [0.25, 0.3) is 93.0 Å². The van der Waals surface area contributed by atoms with Gasteiger partial charge in [-0.05, 0) is 115 Å². The summed E-state index contributed by atoms with van der Waals surface area (Å²) in [7, 11) is 0. The first-order valence-corrected chi connectivity index (χ1v) is 22.4. The summed E-state index contributed by atoms with van der Waals surface area (Å²) in [5.41, 5.74) is 10.7. The first-order valence-electron chi connectivity index (χ1n) is 21.6. The van der Waals surface area contributed by atoms with Crippen LogP contribution < -0.4 is 0 Å². The van der Waals surface area contributed by atoms with E-state index in [-0.39, 0.29) is 0 Å². The first kappa shape index (κ1) is 34.4. The minimum atomic E-state index is 0.343. The number of hydrogen-bond donors (Lipinski definition) is 0. The zero-order valence-electron chi connectivity index (χ0n) is 33.3. The van der Waals surface area contributed by atoms with E-state index in [1.807, 2.05) is 11.3 Å². The molecule has 0 spiro atoms. The number of aromatic nitrogens is 4. The molecule has 4 bridgehead atoms. The first-order chi connectivity index (χ1) is 29.6. The van der Waals surface area contributed by atoms with Crippen LogP contribution in [0, 0.1) is 17.8 Å². The van der Waals surface area contributed by atoms with Crippen molar-refractivity contribution in [3.63, 3.8) is 0 Å². The van der Waals surface area contributed by atoms with E-state index in [9.17, 15) is 0 Å². The minimum absolute atomic E-state index is 0.343. The summed E-state index contributed by atoms with van der Waals surface area (Å²) in [4.78, 5) is 16.0. The Bertz CT molecular complexity index is 3250. The van der Waals surface area contributed by atoms with Crippen molar-refractivity contribution in [1.82, 2.24) is 19.5 Å². The highest BCUT2D eigenvalue weighted by atomic mass is 32.1. The third kappa shape index (κ3) is 5.45. The zero-order chi connectivity index (χ0) is 39.4. The molecular formula is C55H42N4S. The maximum Gasteiger partial charge on any atom is 0.165 e. The van der Waals surface area contributed by atoms with Crippen LogP contribution in [0.4, 0.5) is 0 Å². The Kier molecular flexibility index (Phi) is 7.63. The Labute approximate surface area is 353 Å². The van der Waals surface area contributed by atoms with Gasteiger partial charge in [0, 0.05) is 53.3 Å². The van der Waals surface area contributed by atoms with Crippen LogP contribution >= 0.6 is 11.3 Å². The van der Waals surface area contributed by atoms with Crippen molar-refractivity contribution < 1.29 is 0 Å². The summed E-state index contributed by atoms with van der Waals surface area (Å²) in [5, 5.41) is 4.93. The monoisotopic (exact) mass is 790 g/mol. The quantitative estimate of drug-likeness (QED) is 0.168. The molecule has 0 aliphatic heterocycles. The molecule has 4 fully saturated rings. The summed E-state index contributed by atoms with van der Waals surface area (Å²) < 4.78 is 4.85. The average molecular weight is 791 g/mol. The van der Waals surface area contributed by atoms with Crippen LogP contribution in [0.5, 0.6) is 0 Å². The average Bonchev–Trinajstić information content (AvgIpc) is 3.85. The molecule has 7 aromatic carbocycles. The van der Waals surface area contributed by atoms with Crippen LogP contribution in [0.1, 0.15) is 44.1 Å². The van der Waals surface area contributed by atoms with Gasteiger partial charge in [0.1, 0.15) is 0 Å². The van der Waals surface area contributed by atoms with E-state index < -0.39 is 0 Å². The molecule has 3 aromatic heterocycles. The van der Waals surface area contributed by atoms with Gasteiger partial charge in [-0.1, -0.05) is 127 Å². The molecule has 0 radical (unpaired) electrons. The van der Waals surface area contributed by atoms with Crippen LogP contribution in [-0.2, 0) is 5.41 Å². The zero-order valence-corrected chi connectivity index (χ0v) is 34.1. The van der Waals surface area contributed by atoms with E-state index >= 15 is 0 Å². The second-order valence-corrected chi connectivity index (χ2v) is 18.9. The molecule has 288 valence electrons. The molecule has 4 saturated carbocycles. The summed E-state index contributed by atoms with van der Waals surface area (Å²) in [6.07, 6.45) is 8.42. The van der Waals surface area contributed by atoms with Crippen molar-refractivity contribution in [3.05, 3.63) is 169 Å². The normalized spacial score (nSPS) is 20.8. The van der Waals surface area contributed by atoms with Gasteiger partial charge in [0.15, 0.2) is 17.5 Å². The maximum absolute atomic E-state index is 5.35. The number of rotatable bonds is 6. The Morgan fingerprint density at radius 3 is 1.80 bits per heavy atom. The van der Waals surface area contributed by atoms with Gasteiger partial charge in [-0.3, -0.25) is 0 Å². The standard InChI is InChI=1S/C55H42N4S/c1-2-9-37(10-3-1)38-19-24-42(25-20-38)59-48-15-6-4-11-43(48)44-26-21-40(30-49(44)59)53-56-52(39-17-22-41(23-18-39)55-31-34-27-35(32-55)29-36(28-34)33-55)57-54(58-53)47-14-8-13-46-45-12-5-7-16-50(45)60-51(46)47/h1-26,30,34-36H,27-29,31-33H2. The van der Waals surface area contributed by atoms with Crippen LogP contribution in [0.15, 0.2) is 164 Å². The second kappa shape index (κ2) is 13.3. The van der Waals surface area contributed by atoms with Gasteiger partial charge in [-0.15, -0.1) is 11.3 Å². The molecule has 10 aromatic rings. The summed E-state index contributed by atoms with van der Waals surface area (Å²) in [6, 6.07) is 59.5. The van der Waals surface area contributed by atoms with Crippen molar-refractivity contribution in [3.8, 4) is 51.0 Å². The molecule has 0 atom stereocenters. The van der Waals surface area contributed by atoms with E-state index in [1.165, 1.54) is 91.7 Å². The van der Waals surface area contributed by atoms with Crippen LogP contribution in [0.2, 0.25) is 0 Å². The van der Waals surface area contributed by atoms with Crippen molar-refractivity contribution in [2.75, 3.05) is 0 Å². The topological polar surface area (TPSA) is 43.6 Å². The van der Waals surface area contributed by atoms with Gasteiger partial charge >= 0.3 is 0 Å². The minimum Gasteiger partial charge on any atom is -0.309 e. The maximum atomic E-state index is 5.35. The SMILES string of the molecule is c1ccc(-c2ccc(-n3c4ccccc4c4ccc(-c5nc(-c6ccc(C78CC9CC(CC(C9)C7)C8)cc6)nc(-c6cccc7c6sc6ccccc67)n5)cc43)cc2)cc1. The molecule has 3 heterocycles. The fourth-order valence-corrected chi connectivity index (χ4v) is 13.1. The molecule has 60 heavy (non-hydrogen) atoms. The lowest BCUT2D eigenvalue weighted by Gasteiger charge is -2.57. The molecular weight excluding hydrogens is 749 g/mol. The van der Waals surface area contributed by atoms with Gasteiger partial charge in [-0.2, -0.15) is 0 Å². The number of nitrogens with zero attached hydrogens (tertiary/aromatic N) is 4. The molecule has 4 aliphatic rings. The molecule has 0 amide bonds. The van der Waals surface area contributed by atoms with Gasteiger partial charge in [0.25, 0.3) is 0 Å².